The van der Waals surface area contributed by atoms with Crippen LogP contribution in [-0.2, 0) is 11.3 Å². The van der Waals surface area contributed by atoms with E-state index in [9.17, 15) is 4.79 Å². The zero-order valence-electron chi connectivity index (χ0n) is 12.4. The molecule has 0 aromatic carbocycles. The van der Waals surface area contributed by atoms with Gasteiger partial charge in [0.05, 0.1) is 6.54 Å². The summed E-state index contributed by atoms with van der Waals surface area (Å²) in [5.74, 6) is 1.79. The van der Waals surface area contributed by atoms with Gasteiger partial charge in [-0.05, 0) is 46.8 Å². The maximum Gasteiger partial charge on any atom is 0.407 e. The minimum absolute atomic E-state index is 0.137. The molecule has 0 saturated heterocycles. The van der Waals surface area contributed by atoms with E-state index in [-0.39, 0.29) is 6.04 Å². The number of alkyl carbamates (subject to hydrolysis) is 1. The van der Waals surface area contributed by atoms with Gasteiger partial charge < -0.3 is 19.8 Å². The number of furan rings is 1. The molecule has 1 unspecified atom stereocenters. The molecule has 5 heteroatoms. The van der Waals surface area contributed by atoms with Gasteiger partial charge >= 0.3 is 6.09 Å². The molecule has 1 amide bonds. The van der Waals surface area contributed by atoms with Crippen LogP contribution >= 0.6 is 0 Å². The highest BCUT2D eigenvalue weighted by atomic mass is 16.6. The molecule has 1 rings (SSSR count). The third-order valence-electron chi connectivity index (χ3n) is 2.37. The Morgan fingerprint density at radius 2 is 2.11 bits per heavy atom. The summed E-state index contributed by atoms with van der Waals surface area (Å²) >= 11 is 0. The quantitative estimate of drug-likeness (QED) is 0.861. The number of rotatable bonds is 5. The molecule has 1 atom stereocenters. The van der Waals surface area contributed by atoms with Gasteiger partial charge in [0.15, 0.2) is 0 Å². The first-order valence-electron chi connectivity index (χ1n) is 6.52. The van der Waals surface area contributed by atoms with Crippen molar-refractivity contribution in [3.8, 4) is 0 Å². The Kier molecular flexibility index (Phi) is 5.42. The van der Waals surface area contributed by atoms with Crippen molar-refractivity contribution in [1.82, 2.24) is 10.6 Å². The maximum atomic E-state index is 11.5. The number of carbonyl (C=O) groups excluding carboxylic acids is 1. The van der Waals surface area contributed by atoms with Crippen LogP contribution in [0.4, 0.5) is 4.79 Å². The lowest BCUT2D eigenvalue weighted by molar-refractivity contribution is 0.0523. The van der Waals surface area contributed by atoms with Crippen LogP contribution in [0.25, 0.3) is 0 Å². The molecule has 2 N–H and O–H groups in total. The first-order valence-corrected chi connectivity index (χ1v) is 6.52. The van der Waals surface area contributed by atoms with Gasteiger partial charge in [0.1, 0.15) is 17.1 Å². The Morgan fingerprint density at radius 3 is 2.63 bits per heavy atom. The molecule has 1 heterocycles. The maximum absolute atomic E-state index is 11.5. The highest BCUT2D eigenvalue weighted by Gasteiger charge is 2.16. The molecule has 0 aliphatic rings. The molecule has 0 fully saturated rings. The van der Waals surface area contributed by atoms with Crippen molar-refractivity contribution < 1.29 is 13.9 Å². The van der Waals surface area contributed by atoms with E-state index < -0.39 is 11.7 Å². The smallest absolute Gasteiger partial charge is 0.407 e. The van der Waals surface area contributed by atoms with Gasteiger partial charge in [-0.15, -0.1) is 0 Å². The highest BCUT2D eigenvalue weighted by Crippen LogP contribution is 2.07. The van der Waals surface area contributed by atoms with E-state index in [0.29, 0.717) is 13.1 Å². The lowest BCUT2D eigenvalue weighted by Gasteiger charge is -2.21. The SMILES string of the molecule is Cc1ccc(CNC(C)CNC(=O)OC(C)(C)C)o1. The number of amides is 1. The van der Waals surface area contributed by atoms with E-state index in [0.717, 1.165) is 11.5 Å². The summed E-state index contributed by atoms with van der Waals surface area (Å²) in [6, 6.07) is 4.01. The molecule has 0 spiro atoms. The normalized spacial score (nSPS) is 13.1. The first kappa shape index (κ1) is 15.6. The molecule has 19 heavy (non-hydrogen) atoms. The Morgan fingerprint density at radius 1 is 1.42 bits per heavy atom. The van der Waals surface area contributed by atoms with E-state index in [1.54, 1.807) is 0 Å². The molecule has 1 aromatic heterocycles. The number of hydrogen-bond acceptors (Lipinski definition) is 4. The molecule has 0 saturated carbocycles. The van der Waals surface area contributed by atoms with E-state index in [4.69, 9.17) is 9.15 Å². The number of aryl methyl sites for hydroxylation is 1. The van der Waals surface area contributed by atoms with Crippen LogP contribution in [0.1, 0.15) is 39.2 Å². The van der Waals surface area contributed by atoms with Crippen LogP contribution in [0.3, 0.4) is 0 Å². The molecule has 5 nitrogen and oxygen atoms in total. The van der Waals surface area contributed by atoms with Crippen molar-refractivity contribution in [1.29, 1.82) is 0 Å². The zero-order chi connectivity index (χ0) is 14.5. The highest BCUT2D eigenvalue weighted by molar-refractivity contribution is 5.67. The van der Waals surface area contributed by atoms with Crippen LogP contribution in [0.15, 0.2) is 16.5 Å². The van der Waals surface area contributed by atoms with Crippen molar-refractivity contribution >= 4 is 6.09 Å². The van der Waals surface area contributed by atoms with E-state index in [2.05, 4.69) is 10.6 Å². The van der Waals surface area contributed by atoms with Crippen LogP contribution in [0.5, 0.6) is 0 Å². The van der Waals surface area contributed by atoms with Crippen molar-refractivity contribution in [3.63, 3.8) is 0 Å². The van der Waals surface area contributed by atoms with Crippen molar-refractivity contribution in [2.24, 2.45) is 0 Å². The van der Waals surface area contributed by atoms with E-state index in [1.165, 1.54) is 0 Å². The summed E-state index contributed by atoms with van der Waals surface area (Å²) in [5.41, 5.74) is -0.466. The fourth-order valence-corrected chi connectivity index (χ4v) is 1.48. The van der Waals surface area contributed by atoms with Gasteiger partial charge in [0.2, 0.25) is 0 Å². The predicted molar refractivity (Wildman–Crippen MR) is 74.0 cm³/mol. The minimum Gasteiger partial charge on any atom is -0.465 e. The topological polar surface area (TPSA) is 63.5 Å². The summed E-state index contributed by atoms with van der Waals surface area (Å²) in [6.07, 6.45) is -0.394. The molecule has 108 valence electrons. The molecule has 0 radical (unpaired) electrons. The van der Waals surface area contributed by atoms with E-state index >= 15 is 0 Å². The first-order chi connectivity index (χ1) is 8.76. The van der Waals surface area contributed by atoms with E-state index in [1.807, 2.05) is 46.8 Å². The Balaban J connectivity index is 2.21. The average Bonchev–Trinajstić information content (AvgIpc) is 2.67. The zero-order valence-corrected chi connectivity index (χ0v) is 12.4. The van der Waals surface area contributed by atoms with Gasteiger partial charge in [-0.25, -0.2) is 4.79 Å². The summed E-state index contributed by atoms with van der Waals surface area (Å²) < 4.78 is 10.6. The second-order valence-electron chi connectivity index (χ2n) is 5.68. The summed E-state index contributed by atoms with van der Waals surface area (Å²) in [6.45, 7) is 10.6. The van der Waals surface area contributed by atoms with Gasteiger partial charge in [0.25, 0.3) is 0 Å². The fraction of sp³-hybridized carbons (Fsp3) is 0.643. The third-order valence-corrected chi connectivity index (χ3v) is 2.37. The van der Waals surface area contributed by atoms with Crippen molar-refractivity contribution in [2.45, 2.75) is 52.8 Å². The lowest BCUT2D eigenvalue weighted by atomic mass is 10.2. The number of ether oxygens (including phenoxy) is 1. The van der Waals surface area contributed by atoms with Gasteiger partial charge in [-0.2, -0.15) is 0 Å². The number of hydrogen-bond donors (Lipinski definition) is 2. The largest absolute Gasteiger partial charge is 0.465 e. The summed E-state index contributed by atoms with van der Waals surface area (Å²) in [4.78, 5) is 11.5. The van der Waals surface area contributed by atoms with Crippen molar-refractivity contribution in [2.75, 3.05) is 6.54 Å². The molecular formula is C14H24N2O3. The molecule has 1 aromatic rings. The van der Waals surface area contributed by atoms with Gasteiger partial charge in [0, 0.05) is 12.6 Å². The predicted octanol–water partition coefficient (Wildman–Crippen LogP) is 2.59. The van der Waals surface area contributed by atoms with Crippen LogP contribution in [0.2, 0.25) is 0 Å². The second-order valence-corrected chi connectivity index (χ2v) is 5.68. The molecule has 0 aliphatic carbocycles. The third kappa shape index (κ3) is 6.86. The lowest BCUT2D eigenvalue weighted by Crippen LogP contribution is -2.40. The van der Waals surface area contributed by atoms with Crippen LogP contribution in [0, 0.1) is 6.92 Å². The van der Waals surface area contributed by atoms with Crippen LogP contribution < -0.4 is 10.6 Å². The Bertz CT molecular complexity index is 407. The van der Waals surface area contributed by atoms with Crippen molar-refractivity contribution in [3.05, 3.63) is 23.7 Å². The standard InChI is InChI=1S/C14H24N2O3/c1-10(8-16-13(17)19-14(3,4)5)15-9-12-7-6-11(2)18-12/h6-7,10,15H,8-9H2,1-5H3,(H,16,17). The average molecular weight is 268 g/mol. The number of carbonyl (C=O) groups is 1. The second kappa shape index (κ2) is 6.61. The van der Waals surface area contributed by atoms with Gasteiger partial charge in [-0.3, -0.25) is 0 Å². The fourth-order valence-electron chi connectivity index (χ4n) is 1.48. The minimum atomic E-state index is -0.466. The van der Waals surface area contributed by atoms with Gasteiger partial charge in [-0.1, -0.05) is 0 Å². The molecular weight excluding hydrogens is 244 g/mol. The number of nitrogens with one attached hydrogen (secondary N) is 2. The summed E-state index contributed by atoms with van der Waals surface area (Å²) in [7, 11) is 0. The molecule has 0 bridgehead atoms. The molecule has 0 aliphatic heterocycles. The monoisotopic (exact) mass is 268 g/mol. The Hall–Kier alpha value is -1.49. The summed E-state index contributed by atoms with van der Waals surface area (Å²) in [5, 5.41) is 5.99. The van der Waals surface area contributed by atoms with Crippen LogP contribution in [-0.4, -0.2) is 24.3 Å². The Labute approximate surface area is 114 Å².